The van der Waals surface area contributed by atoms with Gasteiger partial charge in [0, 0.05) is 55.9 Å². The number of halogens is 2. The Morgan fingerprint density at radius 3 is 2.32 bits per heavy atom. The van der Waals surface area contributed by atoms with Gasteiger partial charge in [-0.1, -0.05) is 51.1 Å². The number of fused-ring (bicyclic) bond motifs is 1. The summed E-state index contributed by atoms with van der Waals surface area (Å²) in [4.78, 5) is 64.2. The van der Waals surface area contributed by atoms with E-state index in [9.17, 15) is 28.2 Å². The van der Waals surface area contributed by atoms with Crippen molar-refractivity contribution in [3.63, 3.8) is 0 Å². The standard InChI is InChI=1S/C42H62FN7O10.CH3FS/c1-12-30-42(8)34(50(39(55)60-42)19-14-13-18-49-22-28(46-47-49)27-16-15-17-31(44)45-27)25(4)32(51)23(2)21-40(6,56-11)36(26(5)35(53)41(7,43)38(54)58-30)59-37-33(52)29(48(9)10)20-24(3)57-37;1-3-2/h13-17,22-26,29-30,33-34,36-37,52H,12,18-21H2,1-11H3,(H2,44,45);1H3/b14-13+;/t23-,24?,25+,26+,29?,30-,33?,34-,36-,37+,40-,41+,42-;/m1./s1. The van der Waals surface area contributed by atoms with Crippen LogP contribution in [0.2, 0.25) is 0 Å². The molecule has 0 spiro atoms. The van der Waals surface area contributed by atoms with Crippen LogP contribution in [0.1, 0.15) is 74.7 Å². The van der Waals surface area contributed by atoms with Gasteiger partial charge in [0.2, 0.25) is 0 Å². The van der Waals surface area contributed by atoms with E-state index in [1.54, 1.807) is 75.8 Å². The van der Waals surface area contributed by atoms with Crippen LogP contribution in [0.5, 0.6) is 0 Å². The molecule has 3 N–H and O–H groups in total. The highest BCUT2D eigenvalue weighted by molar-refractivity contribution is 7.93. The fourth-order valence-electron chi connectivity index (χ4n) is 9.14. The molecule has 2 aromatic rings. The third-order valence-electron chi connectivity index (χ3n) is 12.5. The molecule has 0 radical (unpaired) electrons. The number of nitrogens with two attached hydrogens (primary N) is 1. The lowest BCUT2D eigenvalue weighted by atomic mass is 9.73. The van der Waals surface area contributed by atoms with Crippen LogP contribution in [0.15, 0.2) is 36.5 Å². The molecule has 13 atom stereocenters. The number of rotatable bonds is 10. The molecule has 5 rings (SSSR count). The molecule has 3 saturated heterocycles. The molecule has 63 heavy (non-hydrogen) atoms. The molecule has 3 aliphatic rings. The molecule has 1 amide bonds. The van der Waals surface area contributed by atoms with Crippen LogP contribution in [-0.2, 0) is 44.6 Å². The lowest BCUT2D eigenvalue weighted by Gasteiger charge is -2.47. The molecule has 3 aliphatic heterocycles. The molecule has 0 aliphatic carbocycles. The number of nitrogen functional groups attached to an aromatic ring is 1. The second kappa shape index (κ2) is 21.3. The highest BCUT2D eigenvalue weighted by Gasteiger charge is 2.61. The number of anilines is 1. The fraction of sp³-hybridized carbons (Fsp3) is 0.698. The summed E-state index contributed by atoms with van der Waals surface area (Å²) in [6.45, 7) is 12.6. The Morgan fingerprint density at radius 1 is 1.06 bits per heavy atom. The van der Waals surface area contributed by atoms with E-state index in [2.05, 4.69) is 15.3 Å². The minimum atomic E-state index is -3.20. The van der Waals surface area contributed by atoms with Gasteiger partial charge in [-0.2, -0.15) is 3.89 Å². The highest BCUT2D eigenvalue weighted by Crippen LogP contribution is 2.43. The topological polar surface area (TPSA) is 211 Å². The number of aliphatic hydroxyl groups excluding tert-OH is 1. The van der Waals surface area contributed by atoms with Crippen LogP contribution in [0.4, 0.5) is 18.9 Å². The van der Waals surface area contributed by atoms with Crippen molar-refractivity contribution in [3.8, 4) is 11.4 Å². The van der Waals surface area contributed by atoms with Gasteiger partial charge in [0.05, 0.1) is 42.3 Å². The number of carbonyl (C=O) groups excluding carboxylic acids is 4. The number of ketones is 2. The number of ether oxygens (including phenoxy) is 5. The Labute approximate surface area is 373 Å². The normalized spacial score (nSPS) is 35.8. The number of likely N-dealkylation sites (N-methyl/N-ethyl adjacent to an activating group) is 1. The first kappa shape index (κ1) is 51.6. The van der Waals surface area contributed by atoms with Crippen molar-refractivity contribution in [2.45, 2.75) is 141 Å². The summed E-state index contributed by atoms with van der Waals surface area (Å²) in [5, 5.41) is 19.7. The zero-order chi connectivity index (χ0) is 47.2. The second-order valence-corrected chi connectivity index (χ2v) is 17.8. The largest absolute Gasteiger partial charge is 0.455 e. The predicted octanol–water partition coefficient (Wildman–Crippen LogP) is 5.01. The number of amides is 1. The number of esters is 1. The van der Waals surface area contributed by atoms with Crippen molar-refractivity contribution in [1.29, 1.82) is 0 Å². The van der Waals surface area contributed by atoms with Crippen molar-refractivity contribution < 1.29 is 56.2 Å². The molecule has 0 bridgehead atoms. The van der Waals surface area contributed by atoms with E-state index in [4.69, 9.17) is 29.4 Å². The summed E-state index contributed by atoms with van der Waals surface area (Å²) in [6.07, 6.45) is 0.935. The zero-order valence-corrected chi connectivity index (χ0v) is 39.1. The lowest BCUT2D eigenvalue weighted by Crippen LogP contribution is -2.61. The number of alkyl halides is 1. The molecule has 2 aromatic heterocycles. The van der Waals surface area contributed by atoms with Gasteiger partial charge in [-0.3, -0.25) is 14.5 Å². The quantitative estimate of drug-likeness (QED) is 0.182. The van der Waals surface area contributed by atoms with Crippen molar-refractivity contribution in [3.05, 3.63) is 36.5 Å². The van der Waals surface area contributed by atoms with Gasteiger partial charge < -0.3 is 39.4 Å². The molecule has 3 unspecified atom stereocenters. The third-order valence-corrected chi connectivity index (χ3v) is 12.5. The number of nitrogens with zero attached hydrogens (tertiary/aromatic N) is 6. The second-order valence-electron chi connectivity index (χ2n) is 17.4. The number of carbonyl (C=O) groups is 4. The van der Waals surface area contributed by atoms with E-state index in [1.165, 1.54) is 25.2 Å². The molecule has 352 valence electrons. The maximum absolute atomic E-state index is 16.9. The van der Waals surface area contributed by atoms with Gasteiger partial charge in [0.25, 0.3) is 5.67 Å². The smallest absolute Gasteiger partial charge is 0.411 e. The number of aliphatic hydroxyl groups is 1. The van der Waals surface area contributed by atoms with Crippen LogP contribution < -0.4 is 5.73 Å². The lowest BCUT2D eigenvalue weighted by molar-refractivity contribution is -0.295. The van der Waals surface area contributed by atoms with E-state index in [-0.39, 0.29) is 56.0 Å². The van der Waals surface area contributed by atoms with Gasteiger partial charge in [-0.05, 0) is 73.2 Å². The molecule has 5 heterocycles. The van der Waals surface area contributed by atoms with Gasteiger partial charge in [-0.15, -0.1) is 5.10 Å². The number of pyridine rings is 1. The Hall–Kier alpha value is -4.08. The monoisotopic (exact) mass is 909 g/mol. The van der Waals surface area contributed by atoms with E-state index in [1.807, 2.05) is 25.9 Å². The molecule has 3 fully saturated rings. The number of methoxy groups -OCH3 is 1. The van der Waals surface area contributed by atoms with Crippen molar-refractivity contribution in [2.75, 3.05) is 39.7 Å². The first-order valence-electron chi connectivity index (χ1n) is 21.1. The number of Topliss-reactive ketones (excluding diaryl/α,β-unsaturated/α-hetero) is 2. The minimum Gasteiger partial charge on any atom is -0.455 e. The SMILES string of the molecule is CC[C@H]1OC(=O)[C@@](C)(F)C(=O)[C@H](C)[C@@H](O[C@@H]2OC(C)CC(N(C)C)C2O)[C@](C)(OC)C[C@@H](C)C(=O)[C@H](C)[C@H]2N(C/C=C/Cn3cc(-c4cccc(N)n4)nn3)C(=O)O[C@]12C.CSF. The summed E-state index contributed by atoms with van der Waals surface area (Å²) in [5.41, 5.74) is 0.574. The number of allylic oxidation sites excluding steroid dienone is 1. The summed E-state index contributed by atoms with van der Waals surface area (Å²) in [6, 6.07) is 3.82. The van der Waals surface area contributed by atoms with E-state index >= 15 is 4.39 Å². The minimum absolute atomic E-state index is 0.00753. The average molecular weight is 910 g/mol. The Balaban J connectivity index is 0.00000282. The Kier molecular flexibility index (Phi) is 17.4. The summed E-state index contributed by atoms with van der Waals surface area (Å²) >= 11 is 0.250. The van der Waals surface area contributed by atoms with Crippen molar-refractivity contribution in [2.24, 2.45) is 17.8 Å². The van der Waals surface area contributed by atoms with Gasteiger partial charge in [-0.25, -0.2) is 23.6 Å². The average Bonchev–Trinajstić information content (AvgIpc) is 3.81. The highest BCUT2D eigenvalue weighted by atomic mass is 32.2. The van der Waals surface area contributed by atoms with Crippen LogP contribution in [0.25, 0.3) is 11.4 Å². The fourth-order valence-corrected chi connectivity index (χ4v) is 9.14. The van der Waals surface area contributed by atoms with E-state index < -0.39 is 83.1 Å². The van der Waals surface area contributed by atoms with Gasteiger partial charge in [0.1, 0.15) is 29.5 Å². The van der Waals surface area contributed by atoms with Crippen LogP contribution in [0, 0.1) is 17.8 Å². The molecule has 20 heteroatoms. The van der Waals surface area contributed by atoms with Crippen molar-refractivity contribution in [1.82, 2.24) is 29.8 Å². The number of hydrogen-bond acceptors (Lipinski definition) is 16. The number of hydrogen-bond donors (Lipinski definition) is 2. The maximum Gasteiger partial charge on any atom is 0.411 e. The maximum atomic E-state index is 16.9. The van der Waals surface area contributed by atoms with E-state index in [0.717, 1.165) is 6.92 Å². The summed E-state index contributed by atoms with van der Waals surface area (Å²) in [5.74, 6) is -5.64. The molecule has 17 nitrogen and oxygen atoms in total. The molecule has 0 saturated carbocycles. The van der Waals surface area contributed by atoms with Crippen LogP contribution >= 0.6 is 12.1 Å². The molecular formula is C43H65F2N7O10S. The first-order chi connectivity index (χ1) is 29.5. The van der Waals surface area contributed by atoms with Crippen LogP contribution in [0.3, 0.4) is 0 Å². The number of aromatic nitrogens is 4. The summed E-state index contributed by atoms with van der Waals surface area (Å²) in [7, 11) is 5.02. The first-order valence-corrected chi connectivity index (χ1v) is 22.2. The zero-order valence-electron chi connectivity index (χ0n) is 38.3. The van der Waals surface area contributed by atoms with Crippen molar-refractivity contribution >= 4 is 41.6 Å². The van der Waals surface area contributed by atoms with E-state index in [0.29, 0.717) is 23.6 Å². The Morgan fingerprint density at radius 2 is 1.71 bits per heavy atom. The van der Waals surface area contributed by atoms with Gasteiger partial charge >= 0.3 is 12.1 Å². The third kappa shape index (κ3) is 11.2. The molecule has 0 aromatic carbocycles. The number of cyclic esters (lactones) is 1. The summed E-state index contributed by atoms with van der Waals surface area (Å²) < 4.78 is 59.1. The predicted molar refractivity (Wildman–Crippen MR) is 231 cm³/mol. The Bertz CT molecular complexity index is 1940. The van der Waals surface area contributed by atoms with Crippen LogP contribution in [-0.4, -0.2) is 152 Å². The van der Waals surface area contributed by atoms with Gasteiger partial charge in [0.15, 0.2) is 17.7 Å². The molecular weight excluding hydrogens is 845 g/mol.